The quantitative estimate of drug-likeness (QED) is 0.555. The van der Waals surface area contributed by atoms with Crippen LogP contribution in [0.25, 0.3) is 6.08 Å². The van der Waals surface area contributed by atoms with Crippen LogP contribution in [-0.4, -0.2) is 25.1 Å². The number of aliphatic imine (C=N–C) groups is 1. The standard InChI is InChI=1S/C20H18ClNO4/c1-3-24-16-10-7-14(18(12-16)25-4-2)11-17-20(23)26-19(22-17)13-5-8-15(21)9-6-13/h5-12H,3-4H2,1-2H3/b17-11+. The monoisotopic (exact) mass is 371 g/mol. The molecule has 0 unspecified atom stereocenters. The van der Waals surface area contributed by atoms with Crippen molar-refractivity contribution in [1.82, 2.24) is 0 Å². The van der Waals surface area contributed by atoms with E-state index in [2.05, 4.69) is 4.99 Å². The molecular weight excluding hydrogens is 354 g/mol. The molecule has 0 atom stereocenters. The zero-order chi connectivity index (χ0) is 18.5. The molecule has 1 aliphatic rings. The highest BCUT2D eigenvalue weighted by atomic mass is 35.5. The zero-order valence-corrected chi connectivity index (χ0v) is 15.2. The van der Waals surface area contributed by atoms with Crippen LogP contribution < -0.4 is 9.47 Å². The molecule has 0 radical (unpaired) electrons. The van der Waals surface area contributed by atoms with Crippen LogP contribution in [0.5, 0.6) is 11.5 Å². The molecule has 134 valence electrons. The van der Waals surface area contributed by atoms with E-state index in [1.807, 2.05) is 26.0 Å². The van der Waals surface area contributed by atoms with Gasteiger partial charge in [-0.2, -0.15) is 0 Å². The first-order valence-corrected chi connectivity index (χ1v) is 8.66. The molecular formula is C20H18ClNO4. The third-order valence-electron chi connectivity index (χ3n) is 3.60. The van der Waals surface area contributed by atoms with Gasteiger partial charge in [-0.25, -0.2) is 9.79 Å². The highest BCUT2D eigenvalue weighted by molar-refractivity contribution is 6.30. The fraction of sp³-hybridized carbons (Fsp3) is 0.200. The Labute approximate surface area is 156 Å². The van der Waals surface area contributed by atoms with E-state index in [0.29, 0.717) is 35.3 Å². The average Bonchev–Trinajstić information content (AvgIpc) is 2.99. The molecule has 0 N–H and O–H groups in total. The van der Waals surface area contributed by atoms with Crippen molar-refractivity contribution in [3.05, 3.63) is 64.3 Å². The van der Waals surface area contributed by atoms with Gasteiger partial charge in [0.2, 0.25) is 5.90 Å². The van der Waals surface area contributed by atoms with Gasteiger partial charge in [-0.1, -0.05) is 11.6 Å². The van der Waals surface area contributed by atoms with Crippen molar-refractivity contribution in [2.45, 2.75) is 13.8 Å². The van der Waals surface area contributed by atoms with Crippen LogP contribution >= 0.6 is 11.6 Å². The molecule has 2 aromatic carbocycles. The van der Waals surface area contributed by atoms with E-state index in [4.69, 9.17) is 25.8 Å². The molecule has 0 spiro atoms. The predicted molar refractivity (Wildman–Crippen MR) is 101 cm³/mol. The Morgan fingerprint density at radius 2 is 1.81 bits per heavy atom. The Morgan fingerprint density at radius 1 is 1.08 bits per heavy atom. The third kappa shape index (κ3) is 4.06. The third-order valence-corrected chi connectivity index (χ3v) is 3.85. The van der Waals surface area contributed by atoms with Crippen LogP contribution in [-0.2, 0) is 9.53 Å². The van der Waals surface area contributed by atoms with Crippen LogP contribution in [0.2, 0.25) is 5.02 Å². The minimum atomic E-state index is -0.508. The van der Waals surface area contributed by atoms with Crippen LogP contribution in [0, 0.1) is 0 Å². The van der Waals surface area contributed by atoms with Crippen molar-refractivity contribution in [3.63, 3.8) is 0 Å². The van der Waals surface area contributed by atoms with E-state index < -0.39 is 5.97 Å². The summed E-state index contributed by atoms with van der Waals surface area (Å²) in [4.78, 5) is 16.5. The maximum Gasteiger partial charge on any atom is 0.363 e. The first-order valence-electron chi connectivity index (χ1n) is 8.29. The Hall–Kier alpha value is -2.79. The summed E-state index contributed by atoms with van der Waals surface area (Å²) in [5.41, 5.74) is 1.62. The number of hydrogen-bond acceptors (Lipinski definition) is 5. The number of carbonyl (C=O) groups is 1. The summed E-state index contributed by atoms with van der Waals surface area (Å²) in [5, 5.41) is 0.602. The van der Waals surface area contributed by atoms with Crippen LogP contribution in [0.15, 0.2) is 53.2 Å². The molecule has 0 amide bonds. The number of nitrogens with zero attached hydrogens (tertiary/aromatic N) is 1. The molecule has 5 nitrogen and oxygen atoms in total. The highest BCUT2D eigenvalue weighted by Gasteiger charge is 2.24. The molecule has 0 aromatic heterocycles. The molecule has 0 saturated carbocycles. The Bertz CT molecular complexity index is 872. The molecule has 2 aromatic rings. The van der Waals surface area contributed by atoms with Gasteiger partial charge in [-0.15, -0.1) is 0 Å². The molecule has 0 bridgehead atoms. The molecule has 0 saturated heterocycles. The van der Waals surface area contributed by atoms with Gasteiger partial charge in [0.05, 0.1) is 13.2 Å². The number of cyclic esters (lactones) is 1. The van der Waals surface area contributed by atoms with Crippen molar-refractivity contribution in [2.24, 2.45) is 4.99 Å². The molecule has 26 heavy (non-hydrogen) atoms. The summed E-state index contributed by atoms with van der Waals surface area (Å²) in [6.07, 6.45) is 1.64. The number of hydrogen-bond donors (Lipinski definition) is 0. The van der Waals surface area contributed by atoms with E-state index in [1.54, 1.807) is 36.4 Å². The minimum absolute atomic E-state index is 0.208. The second kappa shape index (κ2) is 8.06. The van der Waals surface area contributed by atoms with Crippen LogP contribution in [0.3, 0.4) is 0 Å². The summed E-state index contributed by atoms with van der Waals surface area (Å²) >= 11 is 5.88. The number of benzene rings is 2. The van der Waals surface area contributed by atoms with Gasteiger partial charge in [-0.05, 0) is 56.3 Å². The first-order chi connectivity index (χ1) is 12.6. The smallest absolute Gasteiger partial charge is 0.363 e. The highest BCUT2D eigenvalue weighted by Crippen LogP contribution is 2.29. The Kier molecular flexibility index (Phi) is 5.58. The lowest BCUT2D eigenvalue weighted by atomic mass is 10.1. The summed E-state index contributed by atoms with van der Waals surface area (Å²) in [5.74, 6) is 1.07. The lowest BCUT2D eigenvalue weighted by Crippen LogP contribution is -2.05. The van der Waals surface area contributed by atoms with Gasteiger partial charge >= 0.3 is 5.97 Å². The van der Waals surface area contributed by atoms with Crippen LogP contribution in [0.4, 0.5) is 0 Å². The lowest BCUT2D eigenvalue weighted by Gasteiger charge is -2.10. The van der Waals surface area contributed by atoms with Crippen molar-refractivity contribution in [2.75, 3.05) is 13.2 Å². The van der Waals surface area contributed by atoms with Crippen molar-refractivity contribution >= 4 is 29.5 Å². The molecule has 6 heteroatoms. The molecule has 1 aliphatic heterocycles. The van der Waals surface area contributed by atoms with E-state index in [9.17, 15) is 4.79 Å². The van der Waals surface area contributed by atoms with Crippen molar-refractivity contribution < 1.29 is 19.0 Å². The van der Waals surface area contributed by atoms with E-state index in [-0.39, 0.29) is 11.6 Å². The van der Waals surface area contributed by atoms with Gasteiger partial charge in [0.25, 0.3) is 0 Å². The number of ether oxygens (including phenoxy) is 3. The van der Waals surface area contributed by atoms with E-state index >= 15 is 0 Å². The molecule has 3 rings (SSSR count). The summed E-state index contributed by atoms with van der Waals surface area (Å²) < 4.78 is 16.4. The molecule has 0 aliphatic carbocycles. The summed E-state index contributed by atoms with van der Waals surface area (Å²) in [7, 11) is 0. The number of carbonyl (C=O) groups excluding carboxylic acids is 1. The normalized spacial score (nSPS) is 15.0. The van der Waals surface area contributed by atoms with E-state index in [0.717, 1.165) is 5.56 Å². The lowest BCUT2D eigenvalue weighted by molar-refractivity contribution is -0.129. The molecule has 0 fully saturated rings. The van der Waals surface area contributed by atoms with Crippen LogP contribution in [0.1, 0.15) is 25.0 Å². The van der Waals surface area contributed by atoms with Gasteiger partial charge in [0.15, 0.2) is 5.70 Å². The van der Waals surface area contributed by atoms with E-state index in [1.165, 1.54) is 0 Å². The second-order valence-corrected chi connectivity index (χ2v) is 5.85. The number of esters is 1. The Balaban J connectivity index is 1.93. The largest absolute Gasteiger partial charge is 0.494 e. The fourth-order valence-corrected chi connectivity index (χ4v) is 2.57. The molecule has 1 heterocycles. The predicted octanol–water partition coefficient (Wildman–Crippen LogP) is 4.48. The number of rotatable bonds is 6. The second-order valence-electron chi connectivity index (χ2n) is 5.41. The first kappa shape index (κ1) is 18.0. The SMILES string of the molecule is CCOc1ccc(/C=C2/N=C(c3ccc(Cl)cc3)OC2=O)c(OCC)c1. The van der Waals surface area contributed by atoms with Crippen molar-refractivity contribution in [1.29, 1.82) is 0 Å². The maximum atomic E-state index is 12.2. The topological polar surface area (TPSA) is 57.1 Å². The summed E-state index contributed by atoms with van der Waals surface area (Å²) in [6.45, 7) is 4.87. The Morgan fingerprint density at radius 3 is 2.50 bits per heavy atom. The zero-order valence-electron chi connectivity index (χ0n) is 14.5. The van der Waals surface area contributed by atoms with Gasteiger partial charge in [-0.3, -0.25) is 0 Å². The van der Waals surface area contributed by atoms with Gasteiger partial charge in [0.1, 0.15) is 11.5 Å². The van der Waals surface area contributed by atoms with Crippen molar-refractivity contribution in [3.8, 4) is 11.5 Å². The van der Waals surface area contributed by atoms with Gasteiger partial charge in [0, 0.05) is 22.2 Å². The maximum absolute atomic E-state index is 12.2. The minimum Gasteiger partial charge on any atom is -0.494 e. The number of halogens is 1. The fourth-order valence-electron chi connectivity index (χ4n) is 2.44. The summed E-state index contributed by atoms with van der Waals surface area (Å²) in [6, 6.07) is 12.4. The average molecular weight is 372 g/mol. The van der Waals surface area contributed by atoms with Gasteiger partial charge < -0.3 is 14.2 Å².